The zero-order valence-corrected chi connectivity index (χ0v) is 86.7. The summed E-state index contributed by atoms with van der Waals surface area (Å²) in [4.78, 5) is 0. The predicted octanol–water partition coefficient (Wildman–Crippen LogP) is 34.4. The van der Waals surface area contributed by atoms with Crippen molar-refractivity contribution >= 4 is 0 Å². The van der Waals surface area contributed by atoms with Gasteiger partial charge in [0.05, 0.1) is 4.11 Å². The van der Waals surface area contributed by atoms with Gasteiger partial charge in [0, 0.05) is 137 Å². The van der Waals surface area contributed by atoms with E-state index >= 15 is 0 Å². The summed E-state index contributed by atoms with van der Waals surface area (Å²) in [6.45, 7) is 32.5. The summed E-state index contributed by atoms with van der Waals surface area (Å²) in [7, 11) is 0. The minimum Gasteiger partial charge on any atom is -0.507 e. The van der Waals surface area contributed by atoms with Crippen LogP contribution in [0.15, 0.2) is 143 Å². The Morgan fingerprint density at radius 1 is 0.283 bits per heavy atom. The number of ether oxygens (including phenoxy) is 6. The van der Waals surface area contributed by atoms with Gasteiger partial charge in [-0.2, -0.15) is 0 Å². The van der Waals surface area contributed by atoms with Gasteiger partial charge in [0.15, 0.2) is 0 Å². The number of hydrogen-bond donors (Lipinski definition) is 6. The second-order valence-corrected chi connectivity index (χ2v) is 43.5. The number of allylic oxidation sites excluding steroid dienone is 12. The summed E-state index contributed by atoms with van der Waals surface area (Å²) in [6, 6.07) is 21.7. The molecule has 6 heterocycles. The summed E-state index contributed by atoms with van der Waals surface area (Å²) in [6.07, 6.45) is 18.8. The van der Waals surface area contributed by atoms with Gasteiger partial charge in [0.1, 0.15) is 103 Å². The van der Waals surface area contributed by atoms with E-state index in [0.717, 1.165) is 197 Å². The van der Waals surface area contributed by atoms with E-state index in [4.69, 9.17) is 62.7 Å². The molecule has 0 saturated carbocycles. The first-order valence-corrected chi connectivity index (χ1v) is 52.0. The lowest BCUT2D eigenvalue weighted by Gasteiger charge is -2.46. The standard InChI is InChI=1S/6C21H30O2/c6*1-5-6-7-8-15-12-18(22)20-16-11-14(2)9-10-17(16)21(3,4)23-19(20)13-15/h6*11-13,16-17,22H,5-10H2,1-4H3/t6*16-,17-/m111111/s1/i9D2,10D2,11D,17D;2D3,10D2,11D,17D;10D2,11D,17D;2D3,9D2;9D2;2D3. The van der Waals surface area contributed by atoms with Crippen LogP contribution in [0.1, 0.15) is 498 Å². The van der Waals surface area contributed by atoms with Gasteiger partial charge in [-0.15, -0.1) is 0 Å². The van der Waals surface area contributed by atoms with Crippen molar-refractivity contribution in [2.75, 3.05) is 0 Å². The molecule has 0 fully saturated rings. The molecule has 756 valence electrons. The zero-order chi connectivity index (χ0) is 123. The van der Waals surface area contributed by atoms with Gasteiger partial charge in [-0.1, -0.05) is 188 Å². The monoisotopic (exact) mass is 1910 g/mol. The fourth-order valence-corrected chi connectivity index (χ4v) is 22.3. The van der Waals surface area contributed by atoms with Gasteiger partial charge in [-0.05, 0) is 384 Å². The van der Waals surface area contributed by atoms with E-state index < -0.39 is 129 Å². The van der Waals surface area contributed by atoms with E-state index in [0.29, 0.717) is 69.6 Å². The number of phenolic OH excluding ortho intramolecular Hbond substituents is 6. The molecule has 0 bridgehead atoms. The molecule has 12 heteroatoms. The maximum Gasteiger partial charge on any atom is 0.127 e. The van der Waals surface area contributed by atoms with Gasteiger partial charge in [0.2, 0.25) is 0 Å². The Morgan fingerprint density at radius 3 is 0.833 bits per heavy atom. The van der Waals surface area contributed by atoms with Crippen LogP contribution in [0.2, 0.25) is 0 Å². The summed E-state index contributed by atoms with van der Waals surface area (Å²) in [5.74, 6) is -6.11. The molecule has 0 amide bonds. The van der Waals surface area contributed by atoms with Crippen molar-refractivity contribution in [3.05, 3.63) is 209 Å². The van der Waals surface area contributed by atoms with E-state index in [9.17, 15) is 33.4 Å². The highest BCUT2D eigenvalue weighted by Crippen LogP contribution is 2.61. The van der Waals surface area contributed by atoms with Gasteiger partial charge in [0.25, 0.3) is 0 Å². The maximum absolute atomic E-state index is 10.9. The largest absolute Gasteiger partial charge is 0.507 e. The van der Waals surface area contributed by atoms with Crippen LogP contribution in [-0.2, 0) is 38.5 Å². The first-order chi connectivity index (χ1) is 76.0. The Hall–Kier alpha value is -8.64. The van der Waals surface area contributed by atoms with E-state index in [1.807, 2.05) is 83.2 Å². The zero-order valence-electron chi connectivity index (χ0n) is 114. The lowest BCUT2D eigenvalue weighted by molar-refractivity contribution is 0.0104. The van der Waals surface area contributed by atoms with Crippen LogP contribution in [0.5, 0.6) is 69.0 Å². The molecule has 0 radical (unpaired) electrons. The van der Waals surface area contributed by atoms with Crippen molar-refractivity contribution in [2.24, 2.45) is 35.4 Å². The molecule has 18 rings (SSSR count). The third-order valence-electron chi connectivity index (χ3n) is 29.8. The number of benzene rings is 6. The van der Waals surface area contributed by atoms with E-state index in [2.05, 4.69) is 61.5 Å². The van der Waals surface area contributed by atoms with Gasteiger partial charge < -0.3 is 59.1 Å². The summed E-state index contributed by atoms with van der Waals surface area (Å²) < 4.78 is 262. The second-order valence-electron chi connectivity index (χ2n) is 43.5. The smallest absolute Gasteiger partial charge is 0.127 e. The number of aromatic hydroxyl groups is 6. The lowest BCUT2D eigenvalue weighted by atomic mass is 9.68. The predicted molar refractivity (Wildman–Crippen MR) is 572 cm³/mol. The molecule has 12 atom stereocenters. The van der Waals surface area contributed by atoms with E-state index in [1.54, 1.807) is 78.8 Å². The Balaban J connectivity index is 0.000000163. The SMILES string of the molecule is [2H]C([2H])([2H])C1=C[C@H]2c3c(O)cc(CCCCC)cc3OC(C)(C)[C@@H]2CC1.[2H]C([2H])([2H])C1=C[C@H]2c3c(O)cc(CCCCC)cc3OC(C)(C)[C@@H]2CC1([2H])[2H].[2H]C1([2H])C[C@@H]2[C@@H](C=C1C)c1c(O)cc(CCCCC)cc1OC2(C)C.[2H]C1=C(C([2H])([2H])[2H])CC([2H])([2H])[C@]2([2H])[C@@H]1c1c(O)cc(CCCCC)cc1OC2(C)C.[2H]C1=C(C)C([2H])([2H])C([2H])([2H])[C@]2([2H])[C@@H]1c1c(O)cc(CCCCC)cc1OC2(C)C.[2H]C1=C(C)CC([2H])([2H])[C@]2([2H])[C@@H]1c1c(O)cc(CCCCC)cc1OC2(C)C. The third-order valence-corrected chi connectivity index (χ3v) is 29.8. The van der Waals surface area contributed by atoms with Gasteiger partial charge in [-0.25, -0.2) is 0 Å². The molecule has 0 aromatic heterocycles. The molecule has 138 heavy (non-hydrogen) atoms. The highest BCUT2D eigenvalue weighted by atomic mass is 16.5. The molecule has 6 aliphatic carbocycles. The molecule has 0 unspecified atom stereocenters. The lowest BCUT2D eigenvalue weighted by Crippen LogP contribution is -2.45. The second kappa shape index (κ2) is 45.7. The molecule has 6 aliphatic heterocycles. The fraction of sp³-hybridized carbons (Fsp3) is 0.619. The highest BCUT2D eigenvalue weighted by molar-refractivity contribution is 5.60. The average molecular weight is 1910 g/mol. The molecule has 6 aromatic rings. The fourth-order valence-electron chi connectivity index (χ4n) is 22.3. The van der Waals surface area contributed by atoms with Crippen molar-refractivity contribution in [1.82, 2.24) is 0 Å². The van der Waals surface area contributed by atoms with E-state index in [1.165, 1.54) is 32.3 Å². The van der Waals surface area contributed by atoms with Crippen LogP contribution in [0, 0.1) is 35.4 Å². The first-order valence-electron chi connectivity index (χ1n) is 65.5. The number of fused-ring (bicyclic) bond motifs is 18. The Bertz CT molecular complexity index is 6730. The molecular weight excluding hydrogens is 1710 g/mol. The van der Waals surface area contributed by atoms with Crippen LogP contribution in [0.25, 0.3) is 0 Å². The van der Waals surface area contributed by atoms with Crippen LogP contribution in [-0.4, -0.2) is 64.2 Å². The number of aryl methyl sites for hydroxylation is 6. The molecular formula is C126H180O12. The summed E-state index contributed by atoms with van der Waals surface area (Å²) in [5, 5.41) is 64.7. The van der Waals surface area contributed by atoms with Gasteiger partial charge in [-0.3, -0.25) is 0 Å². The first kappa shape index (κ1) is 75.2. The number of rotatable bonds is 24. The third kappa shape index (κ3) is 25.0. The number of phenols is 6. The molecule has 0 spiro atoms. The van der Waals surface area contributed by atoms with Crippen LogP contribution in [0.4, 0.5) is 0 Å². The number of hydrogen-bond acceptors (Lipinski definition) is 12. The topological polar surface area (TPSA) is 177 Å². The Kier molecular flexibility index (Phi) is 24.9. The quantitative estimate of drug-likeness (QED) is 0.0250. The van der Waals surface area contributed by atoms with Crippen molar-refractivity contribution in [3.63, 3.8) is 0 Å². The van der Waals surface area contributed by atoms with Crippen LogP contribution in [0.3, 0.4) is 0 Å². The summed E-state index contributed by atoms with van der Waals surface area (Å²) >= 11 is 0. The van der Waals surface area contributed by atoms with Gasteiger partial charge >= 0.3 is 0 Å². The summed E-state index contributed by atoms with van der Waals surface area (Å²) in [5.41, 5.74) is 4.77. The molecule has 6 aromatic carbocycles. The van der Waals surface area contributed by atoms with Crippen molar-refractivity contribution in [1.29, 1.82) is 0 Å². The average Bonchev–Trinajstić information content (AvgIpc) is 0.668. The van der Waals surface area contributed by atoms with Crippen molar-refractivity contribution in [3.8, 4) is 69.0 Å². The number of unbranched alkanes of at least 4 members (excludes halogenated alkanes) is 12. The van der Waals surface area contributed by atoms with Crippen LogP contribution >= 0.6 is 0 Å². The van der Waals surface area contributed by atoms with Crippen molar-refractivity contribution in [2.45, 2.75) is 466 Å². The van der Waals surface area contributed by atoms with Crippen molar-refractivity contribution < 1.29 is 96.1 Å². The Morgan fingerprint density at radius 2 is 0.529 bits per heavy atom. The van der Waals surface area contributed by atoms with Crippen LogP contribution < -0.4 is 28.4 Å². The molecule has 6 N–H and O–H groups in total. The Labute approximate surface area is 872 Å². The molecule has 12 aliphatic rings. The maximum atomic E-state index is 10.9. The highest BCUT2D eigenvalue weighted by Gasteiger charge is 2.52. The van der Waals surface area contributed by atoms with E-state index in [-0.39, 0.29) is 129 Å². The molecule has 0 saturated heterocycles. The minimum atomic E-state index is -2.65. The normalized spacial score (nSPS) is 32.3. The minimum absolute atomic E-state index is 0.00590. The molecule has 12 nitrogen and oxygen atoms in total.